The average Bonchev–Trinajstić information content (AvgIpc) is 3.21. The van der Waals surface area contributed by atoms with Crippen LogP contribution in [0.15, 0.2) is 36.8 Å². The van der Waals surface area contributed by atoms with Gasteiger partial charge in [-0.1, -0.05) is 0 Å². The van der Waals surface area contributed by atoms with Crippen LogP contribution in [-0.2, 0) is 6.42 Å². The molecule has 1 aromatic carbocycles. The Morgan fingerprint density at radius 3 is 2.87 bits per heavy atom. The molecule has 2 N–H and O–H groups in total. The van der Waals surface area contributed by atoms with E-state index in [0.29, 0.717) is 0 Å². The SMILES string of the molecule is COc1ccc(-n2ncc([C@H]3NCCc4[nH]cnc43)c2C)cc1. The van der Waals surface area contributed by atoms with Gasteiger partial charge in [-0.25, -0.2) is 9.67 Å². The number of imidazole rings is 1. The molecule has 0 spiro atoms. The lowest BCUT2D eigenvalue weighted by atomic mass is 9.99. The number of fused-ring (bicyclic) bond motifs is 1. The molecule has 1 aliphatic heterocycles. The molecule has 1 aliphatic rings. The Labute approximate surface area is 134 Å². The standard InChI is InChI=1S/C17H19N5O/c1-11-14(16-17-15(7-8-18-16)19-10-20-17)9-21-22(11)12-3-5-13(23-2)6-4-12/h3-6,9-10,16,18H,7-8H2,1-2H3,(H,19,20)/t16-/m1/s1. The summed E-state index contributed by atoms with van der Waals surface area (Å²) < 4.78 is 7.17. The molecule has 0 amide bonds. The summed E-state index contributed by atoms with van der Waals surface area (Å²) in [5.74, 6) is 0.842. The number of ether oxygens (including phenoxy) is 1. The molecule has 2 aromatic heterocycles. The van der Waals surface area contributed by atoms with Crippen molar-refractivity contribution in [1.82, 2.24) is 25.1 Å². The number of H-pyrrole nitrogens is 1. The fourth-order valence-corrected chi connectivity index (χ4v) is 3.17. The highest BCUT2D eigenvalue weighted by Gasteiger charge is 2.26. The van der Waals surface area contributed by atoms with Crippen LogP contribution in [0.2, 0.25) is 0 Å². The molecule has 0 bridgehead atoms. The molecule has 0 saturated heterocycles. The number of hydrogen-bond acceptors (Lipinski definition) is 4. The molecule has 6 heteroatoms. The highest BCUT2D eigenvalue weighted by atomic mass is 16.5. The second-order valence-electron chi connectivity index (χ2n) is 5.70. The van der Waals surface area contributed by atoms with E-state index < -0.39 is 0 Å². The van der Waals surface area contributed by atoms with E-state index in [-0.39, 0.29) is 6.04 Å². The van der Waals surface area contributed by atoms with Crippen LogP contribution in [0, 0.1) is 6.92 Å². The molecule has 0 saturated carbocycles. The summed E-state index contributed by atoms with van der Waals surface area (Å²) in [7, 11) is 1.67. The Kier molecular flexibility index (Phi) is 3.38. The van der Waals surface area contributed by atoms with E-state index in [4.69, 9.17) is 4.74 Å². The van der Waals surface area contributed by atoms with Gasteiger partial charge in [-0.15, -0.1) is 0 Å². The summed E-state index contributed by atoms with van der Waals surface area (Å²) in [6.45, 7) is 3.03. The molecule has 6 nitrogen and oxygen atoms in total. The van der Waals surface area contributed by atoms with Gasteiger partial charge in [0.2, 0.25) is 0 Å². The first-order valence-electron chi connectivity index (χ1n) is 7.72. The van der Waals surface area contributed by atoms with E-state index in [0.717, 1.165) is 41.4 Å². The number of hydrogen-bond donors (Lipinski definition) is 2. The minimum absolute atomic E-state index is 0.0944. The maximum atomic E-state index is 5.21. The Morgan fingerprint density at radius 1 is 1.26 bits per heavy atom. The zero-order valence-corrected chi connectivity index (χ0v) is 13.2. The highest BCUT2D eigenvalue weighted by molar-refractivity contribution is 5.41. The Hall–Kier alpha value is -2.60. The third kappa shape index (κ3) is 2.31. The van der Waals surface area contributed by atoms with Crippen LogP contribution in [0.1, 0.15) is 28.7 Å². The van der Waals surface area contributed by atoms with Crippen molar-refractivity contribution in [3.63, 3.8) is 0 Å². The fraction of sp³-hybridized carbons (Fsp3) is 0.294. The van der Waals surface area contributed by atoms with E-state index in [1.165, 1.54) is 5.69 Å². The number of methoxy groups -OCH3 is 1. The highest BCUT2D eigenvalue weighted by Crippen LogP contribution is 2.29. The van der Waals surface area contributed by atoms with Crippen LogP contribution < -0.4 is 10.1 Å². The zero-order chi connectivity index (χ0) is 15.8. The molecule has 23 heavy (non-hydrogen) atoms. The largest absolute Gasteiger partial charge is 0.497 e. The van der Waals surface area contributed by atoms with Crippen LogP contribution in [0.5, 0.6) is 5.75 Å². The van der Waals surface area contributed by atoms with Crippen LogP contribution in [0.4, 0.5) is 0 Å². The van der Waals surface area contributed by atoms with E-state index in [9.17, 15) is 0 Å². The van der Waals surface area contributed by atoms with Crippen molar-refractivity contribution in [3.05, 3.63) is 59.4 Å². The quantitative estimate of drug-likeness (QED) is 0.778. The van der Waals surface area contributed by atoms with Crippen molar-refractivity contribution in [2.24, 2.45) is 0 Å². The molecule has 1 atom stereocenters. The smallest absolute Gasteiger partial charge is 0.119 e. The van der Waals surface area contributed by atoms with Crippen molar-refractivity contribution in [2.75, 3.05) is 13.7 Å². The lowest BCUT2D eigenvalue weighted by Crippen LogP contribution is -2.31. The van der Waals surface area contributed by atoms with Gasteiger partial charge in [0.15, 0.2) is 0 Å². The van der Waals surface area contributed by atoms with Gasteiger partial charge < -0.3 is 15.0 Å². The first-order chi connectivity index (χ1) is 11.3. The molecule has 0 radical (unpaired) electrons. The predicted octanol–water partition coefficient (Wildman–Crippen LogP) is 2.15. The summed E-state index contributed by atoms with van der Waals surface area (Å²) in [5.41, 5.74) is 5.59. The second-order valence-corrected chi connectivity index (χ2v) is 5.70. The first-order valence-corrected chi connectivity index (χ1v) is 7.72. The maximum absolute atomic E-state index is 5.21. The lowest BCUT2D eigenvalue weighted by molar-refractivity contribution is 0.414. The summed E-state index contributed by atoms with van der Waals surface area (Å²) in [6, 6.07) is 8.01. The van der Waals surface area contributed by atoms with Gasteiger partial charge >= 0.3 is 0 Å². The van der Waals surface area contributed by atoms with Crippen molar-refractivity contribution in [1.29, 1.82) is 0 Å². The predicted molar refractivity (Wildman–Crippen MR) is 87.0 cm³/mol. The van der Waals surface area contributed by atoms with Gasteiger partial charge in [0.25, 0.3) is 0 Å². The molecule has 0 unspecified atom stereocenters. The minimum Gasteiger partial charge on any atom is -0.497 e. The van der Waals surface area contributed by atoms with Crippen molar-refractivity contribution >= 4 is 0 Å². The van der Waals surface area contributed by atoms with Crippen LogP contribution >= 0.6 is 0 Å². The zero-order valence-electron chi connectivity index (χ0n) is 13.2. The van der Waals surface area contributed by atoms with Gasteiger partial charge in [-0.3, -0.25) is 0 Å². The average molecular weight is 309 g/mol. The van der Waals surface area contributed by atoms with Crippen LogP contribution in [0.3, 0.4) is 0 Å². The molecule has 4 rings (SSSR count). The molecular formula is C17H19N5O. The minimum atomic E-state index is 0.0944. The Balaban J connectivity index is 1.72. The molecule has 3 aromatic rings. The Bertz CT molecular complexity index is 818. The lowest BCUT2D eigenvalue weighted by Gasteiger charge is -2.23. The monoisotopic (exact) mass is 309 g/mol. The third-order valence-corrected chi connectivity index (χ3v) is 4.42. The van der Waals surface area contributed by atoms with Crippen molar-refractivity contribution in [2.45, 2.75) is 19.4 Å². The summed E-state index contributed by atoms with van der Waals surface area (Å²) in [4.78, 5) is 7.72. The molecule has 0 aliphatic carbocycles. The number of aromatic amines is 1. The van der Waals surface area contributed by atoms with Gasteiger partial charge in [-0.05, 0) is 31.2 Å². The van der Waals surface area contributed by atoms with Gasteiger partial charge in [-0.2, -0.15) is 5.10 Å². The topological polar surface area (TPSA) is 67.8 Å². The summed E-state index contributed by atoms with van der Waals surface area (Å²) in [5, 5.41) is 8.12. The van der Waals surface area contributed by atoms with Crippen LogP contribution in [0.25, 0.3) is 5.69 Å². The number of rotatable bonds is 3. The third-order valence-electron chi connectivity index (χ3n) is 4.42. The summed E-state index contributed by atoms with van der Waals surface area (Å²) >= 11 is 0. The summed E-state index contributed by atoms with van der Waals surface area (Å²) in [6.07, 6.45) is 4.69. The number of aromatic nitrogens is 4. The molecule has 118 valence electrons. The normalized spacial score (nSPS) is 17.0. The van der Waals surface area contributed by atoms with Gasteiger partial charge in [0.1, 0.15) is 5.75 Å². The van der Waals surface area contributed by atoms with Crippen LogP contribution in [-0.4, -0.2) is 33.4 Å². The van der Waals surface area contributed by atoms with E-state index in [1.54, 1.807) is 13.4 Å². The maximum Gasteiger partial charge on any atom is 0.119 e. The molecule has 3 heterocycles. The first kappa shape index (κ1) is 14.0. The van der Waals surface area contributed by atoms with Crippen molar-refractivity contribution in [3.8, 4) is 11.4 Å². The van der Waals surface area contributed by atoms with Gasteiger partial charge in [0.05, 0.1) is 37.1 Å². The number of benzene rings is 1. The van der Waals surface area contributed by atoms with Crippen molar-refractivity contribution < 1.29 is 4.74 Å². The number of nitrogens with zero attached hydrogens (tertiary/aromatic N) is 3. The van der Waals surface area contributed by atoms with E-state index in [1.807, 2.05) is 35.1 Å². The second kappa shape index (κ2) is 5.55. The van der Waals surface area contributed by atoms with Gasteiger partial charge in [0, 0.05) is 29.9 Å². The fourth-order valence-electron chi connectivity index (χ4n) is 3.17. The molecule has 0 fully saturated rings. The van der Waals surface area contributed by atoms with E-state index in [2.05, 4.69) is 27.3 Å². The van der Waals surface area contributed by atoms with E-state index >= 15 is 0 Å². The molecular weight excluding hydrogens is 290 g/mol. The number of nitrogens with one attached hydrogen (secondary N) is 2. The Morgan fingerprint density at radius 2 is 2.09 bits per heavy atom.